The summed E-state index contributed by atoms with van der Waals surface area (Å²) in [6.45, 7) is 0. The number of nitrogen functional groups attached to an aromatic ring is 1. The minimum absolute atomic E-state index is 0.512. The second kappa shape index (κ2) is 2.35. The summed E-state index contributed by atoms with van der Waals surface area (Å²) in [5, 5.41) is 1.93. The molecule has 0 fully saturated rings. The Balaban J connectivity index is 2.45. The van der Waals surface area contributed by atoms with Gasteiger partial charge in [0.2, 0.25) is 0 Å². The van der Waals surface area contributed by atoms with Gasteiger partial charge in [-0.2, -0.15) is 0 Å². The zero-order valence-electron chi connectivity index (χ0n) is 5.64. The van der Waals surface area contributed by atoms with E-state index in [2.05, 4.69) is 9.97 Å². The second-order valence-corrected chi connectivity index (χ2v) is 2.77. The van der Waals surface area contributed by atoms with Gasteiger partial charge in [-0.25, -0.2) is 9.97 Å². The molecule has 5 heteroatoms. The Kier molecular flexibility index (Phi) is 1.36. The molecule has 2 rings (SSSR count). The lowest BCUT2D eigenvalue weighted by Gasteiger charge is -1.91. The van der Waals surface area contributed by atoms with E-state index in [4.69, 9.17) is 5.73 Å². The van der Waals surface area contributed by atoms with Crippen LogP contribution in [0.5, 0.6) is 0 Å². The molecule has 11 heavy (non-hydrogen) atoms. The quantitative estimate of drug-likeness (QED) is 0.685. The van der Waals surface area contributed by atoms with Gasteiger partial charge in [0.25, 0.3) is 0 Å². The van der Waals surface area contributed by atoms with E-state index in [0.717, 1.165) is 5.82 Å². The molecule has 0 atom stereocenters. The van der Waals surface area contributed by atoms with Gasteiger partial charge < -0.3 is 5.73 Å². The molecule has 56 valence electrons. The second-order valence-electron chi connectivity index (χ2n) is 2.05. The smallest absolute Gasteiger partial charge is 0.148 e. The van der Waals surface area contributed by atoms with Crippen molar-refractivity contribution in [3.05, 3.63) is 23.4 Å². The molecule has 0 unspecified atom stereocenters. The third-order valence-corrected chi connectivity index (χ3v) is 1.86. The maximum atomic E-state index is 5.43. The van der Waals surface area contributed by atoms with Crippen LogP contribution in [0.25, 0.3) is 5.82 Å². The first-order valence-corrected chi connectivity index (χ1v) is 3.98. The predicted molar refractivity (Wildman–Crippen MR) is 43.6 cm³/mol. The van der Waals surface area contributed by atoms with Crippen LogP contribution in [0.1, 0.15) is 0 Å². The van der Waals surface area contributed by atoms with Crippen molar-refractivity contribution >= 4 is 17.2 Å². The highest BCUT2D eigenvalue weighted by Gasteiger charge is 1.97. The minimum Gasteiger partial charge on any atom is -0.382 e. The fraction of sp³-hybridized carbons (Fsp3) is 0. The molecule has 0 amide bonds. The van der Waals surface area contributed by atoms with E-state index < -0.39 is 0 Å². The Morgan fingerprint density at radius 2 is 2.36 bits per heavy atom. The highest BCUT2D eigenvalue weighted by molar-refractivity contribution is 7.07. The van der Waals surface area contributed by atoms with Gasteiger partial charge in [0, 0.05) is 5.38 Å². The van der Waals surface area contributed by atoms with Crippen molar-refractivity contribution in [3.63, 3.8) is 0 Å². The third kappa shape index (κ3) is 1.10. The molecule has 0 aliphatic rings. The third-order valence-electron chi connectivity index (χ3n) is 1.29. The number of thiazole rings is 1. The summed E-state index contributed by atoms with van der Waals surface area (Å²) < 4.78 is 1.78. The molecule has 2 aromatic heterocycles. The highest BCUT2D eigenvalue weighted by atomic mass is 32.1. The molecule has 4 nitrogen and oxygen atoms in total. The molecule has 0 aliphatic carbocycles. The van der Waals surface area contributed by atoms with Gasteiger partial charge in [-0.15, -0.1) is 11.3 Å². The van der Waals surface area contributed by atoms with Crippen molar-refractivity contribution < 1.29 is 0 Å². The van der Waals surface area contributed by atoms with Gasteiger partial charge >= 0.3 is 0 Å². The van der Waals surface area contributed by atoms with Crippen LogP contribution in [0.2, 0.25) is 0 Å². The Hall–Kier alpha value is -1.36. The normalized spacial score (nSPS) is 10.2. The van der Waals surface area contributed by atoms with Gasteiger partial charge in [0.1, 0.15) is 18.0 Å². The number of rotatable bonds is 1. The van der Waals surface area contributed by atoms with Gasteiger partial charge in [-0.1, -0.05) is 0 Å². The fourth-order valence-electron chi connectivity index (χ4n) is 0.797. The van der Waals surface area contributed by atoms with Gasteiger partial charge in [-0.3, -0.25) is 4.57 Å². The van der Waals surface area contributed by atoms with Crippen LogP contribution in [-0.2, 0) is 0 Å². The summed E-state index contributed by atoms with van der Waals surface area (Å²) in [6, 6.07) is 0. The molecular weight excluding hydrogens is 160 g/mol. The molecule has 0 spiro atoms. The van der Waals surface area contributed by atoms with E-state index in [1.54, 1.807) is 33.9 Å². The van der Waals surface area contributed by atoms with Gasteiger partial charge in [0.05, 0.1) is 11.7 Å². The average Bonchev–Trinajstić information content (AvgIpc) is 2.55. The van der Waals surface area contributed by atoms with Crippen LogP contribution in [0.4, 0.5) is 5.82 Å². The monoisotopic (exact) mass is 166 g/mol. The highest BCUT2D eigenvalue weighted by Crippen LogP contribution is 2.08. The lowest BCUT2D eigenvalue weighted by molar-refractivity contribution is 1.01. The van der Waals surface area contributed by atoms with Crippen molar-refractivity contribution in [1.29, 1.82) is 0 Å². The van der Waals surface area contributed by atoms with Crippen molar-refractivity contribution in [2.24, 2.45) is 0 Å². The molecule has 0 bridgehead atoms. The summed E-state index contributed by atoms with van der Waals surface area (Å²) >= 11 is 1.54. The topological polar surface area (TPSA) is 56.7 Å². The van der Waals surface area contributed by atoms with Crippen LogP contribution >= 0.6 is 11.3 Å². The van der Waals surface area contributed by atoms with Gasteiger partial charge in [-0.05, 0) is 0 Å². The number of hydrogen-bond donors (Lipinski definition) is 1. The first-order valence-electron chi connectivity index (χ1n) is 3.04. The summed E-state index contributed by atoms with van der Waals surface area (Å²) in [6.07, 6.45) is 3.37. The number of nitrogens with two attached hydrogens (primary N) is 1. The van der Waals surface area contributed by atoms with Crippen LogP contribution < -0.4 is 5.73 Å². The molecule has 0 aromatic carbocycles. The SMILES string of the molecule is Nc1cn(-c2cscn2)cn1. The van der Waals surface area contributed by atoms with Crippen molar-refractivity contribution in [1.82, 2.24) is 14.5 Å². The number of hydrogen-bond acceptors (Lipinski definition) is 4. The molecular formula is C6H6N4S. The molecule has 0 aliphatic heterocycles. The number of imidazole rings is 1. The van der Waals surface area contributed by atoms with E-state index in [1.165, 1.54) is 0 Å². The standard InChI is InChI=1S/C6H6N4S/c7-5-1-10(3-8-5)6-2-11-4-9-6/h1-4H,7H2. The summed E-state index contributed by atoms with van der Waals surface area (Å²) in [5.74, 6) is 1.37. The van der Waals surface area contributed by atoms with Crippen LogP contribution in [0.3, 0.4) is 0 Å². The average molecular weight is 166 g/mol. The Bertz CT molecular complexity index is 337. The molecule has 0 radical (unpaired) electrons. The van der Waals surface area contributed by atoms with Crippen molar-refractivity contribution in [2.45, 2.75) is 0 Å². The Morgan fingerprint density at radius 3 is 2.91 bits per heavy atom. The van der Waals surface area contributed by atoms with Crippen molar-refractivity contribution in [3.8, 4) is 5.82 Å². The summed E-state index contributed by atoms with van der Waals surface area (Å²) in [4.78, 5) is 7.96. The fourth-order valence-corrected chi connectivity index (χ4v) is 1.33. The summed E-state index contributed by atoms with van der Waals surface area (Å²) in [5.41, 5.74) is 7.20. The molecule has 2 N–H and O–H groups in total. The van der Waals surface area contributed by atoms with Crippen LogP contribution in [0.15, 0.2) is 23.4 Å². The Morgan fingerprint density at radius 1 is 1.45 bits per heavy atom. The molecule has 2 aromatic rings. The van der Waals surface area contributed by atoms with Crippen LogP contribution in [-0.4, -0.2) is 14.5 Å². The minimum atomic E-state index is 0.512. The molecule has 2 heterocycles. The number of nitrogens with zero attached hydrogens (tertiary/aromatic N) is 3. The maximum absolute atomic E-state index is 5.43. The number of aromatic nitrogens is 3. The van der Waals surface area contributed by atoms with Crippen molar-refractivity contribution in [2.75, 3.05) is 5.73 Å². The van der Waals surface area contributed by atoms with Gasteiger partial charge in [0.15, 0.2) is 0 Å². The molecule has 0 saturated carbocycles. The predicted octanol–water partition coefficient (Wildman–Crippen LogP) is 0.911. The zero-order chi connectivity index (χ0) is 7.68. The maximum Gasteiger partial charge on any atom is 0.148 e. The Labute approximate surface area is 67.3 Å². The van der Waals surface area contributed by atoms with E-state index in [0.29, 0.717) is 5.82 Å². The summed E-state index contributed by atoms with van der Waals surface area (Å²) in [7, 11) is 0. The lowest BCUT2D eigenvalue weighted by atomic mass is 10.7. The van der Waals surface area contributed by atoms with Crippen LogP contribution in [0, 0.1) is 0 Å². The number of anilines is 1. The van der Waals surface area contributed by atoms with E-state index >= 15 is 0 Å². The largest absolute Gasteiger partial charge is 0.382 e. The van der Waals surface area contributed by atoms with E-state index in [9.17, 15) is 0 Å². The van der Waals surface area contributed by atoms with E-state index in [-0.39, 0.29) is 0 Å². The zero-order valence-corrected chi connectivity index (χ0v) is 6.45. The first kappa shape index (κ1) is 6.36. The lowest BCUT2D eigenvalue weighted by Crippen LogP contribution is -1.88. The first-order chi connectivity index (χ1) is 5.36. The van der Waals surface area contributed by atoms with E-state index in [1.807, 2.05) is 5.38 Å². The molecule has 0 saturated heterocycles.